The van der Waals surface area contributed by atoms with Crippen LogP contribution in [-0.2, 0) is 9.59 Å². The molecule has 4 nitrogen and oxygen atoms in total. The average molecular weight is 305 g/mol. The molecule has 0 atom stereocenters. The minimum Gasteiger partial charge on any atom is -0.481 e. The van der Waals surface area contributed by atoms with Gasteiger partial charge in [-0.2, -0.15) is 0 Å². The third kappa shape index (κ3) is 4.86. The van der Waals surface area contributed by atoms with E-state index in [1.165, 1.54) is 5.56 Å². The Morgan fingerprint density at radius 1 is 1.09 bits per heavy atom. The fourth-order valence-corrected chi connectivity index (χ4v) is 2.47. The molecule has 0 bridgehead atoms. The van der Waals surface area contributed by atoms with E-state index in [-0.39, 0.29) is 24.8 Å². The number of carboxylic acid groups (broad SMARTS) is 1. The highest BCUT2D eigenvalue weighted by Crippen LogP contribution is 2.23. The molecule has 4 heteroatoms. The van der Waals surface area contributed by atoms with Crippen LogP contribution >= 0.6 is 0 Å². The van der Waals surface area contributed by atoms with Gasteiger partial charge in [0.15, 0.2) is 0 Å². The summed E-state index contributed by atoms with van der Waals surface area (Å²) in [6, 6.07) is 7.84. The maximum absolute atomic E-state index is 12.7. The lowest BCUT2D eigenvalue weighted by molar-refractivity contribution is -0.136. The number of rotatable bonds is 8. The molecule has 0 fully saturated rings. The standard InChI is InChI=1S/C18H27NO3/c1-5-14(6-2)18(22)19(12-11-17(20)21)16-9-7-15(8-10-16)13(3)4/h7-10,13-14H,5-6,11-12H2,1-4H3,(H,20,21). The van der Waals surface area contributed by atoms with Crippen molar-refractivity contribution in [2.24, 2.45) is 5.92 Å². The first-order valence-electron chi connectivity index (χ1n) is 8.03. The van der Waals surface area contributed by atoms with Gasteiger partial charge in [-0.1, -0.05) is 39.8 Å². The van der Waals surface area contributed by atoms with Crippen LogP contribution in [0.1, 0.15) is 58.4 Å². The lowest BCUT2D eigenvalue weighted by Gasteiger charge is -2.26. The molecule has 1 aromatic rings. The summed E-state index contributed by atoms with van der Waals surface area (Å²) in [6.07, 6.45) is 1.49. The van der Waals surface area contributed by atoms with Crippen molar-refractivity contribution >= 4 is 17.6 Å². The van der Waals surface area contributed by atoms with E-state index < -0.39 is 5.97 Å². The van der Waals surface area contributed by atoms with Gasteiger partial charge in [0.25, 0.3) is 0 Å². The number of anilines is 1. The third-order valence-corrected chi connectivity index (χ3v) is 4.02. The normalized spacial score (nSPS) is 11.0. The van der Waals surface area contributed by atoms with Crippen molar-refractivity contribution in [3.8, 4) is 0 Å². The lowest BCUT2D eigenvalue weighted by atomic mass is 10.00. The maximum Gasteiger partial charge on any atom is 0.305 e. The number of hydrogen-bond donors (Lipinski definition) is 1. The number of amides is 1. The van der Waals surface area contributed by atoms with Gasteiger partial charge < -0.3 is 10.0 Å². The second-order valence-electron chi connectivity index (χ2n) is 5.89. The van der Waals surface area contributed by atoms with Crippen LogP contribution in [0.2, 0.25) is 0 Å². The fourth-order valence-electron chi connectivity index (χ4n) is 2.47. The Bertz CT molecular complexity index is 490. The van der Waals surface area contributed by atoms with Gasteiger partial charge in [0.05, 0.1) is 6.42 Å². The Morgan fingerprint density at radius 3 is 2.05 bits per heavy atom. The van der Waals surface area contributed by atoms with Gasteiger partial charge in [0.1, 0.15) is 0 Å². The van der Waals surface area contributed by atoms with E-state index in [2.05, 4.69) is 13.8 Å². The highest BCUT2D eigenvalue weighted by Gasteiger charge is 2.23. The number of hydrogen-bond acceptors (Lipinski definition) is 2. The Balaban J connectivity index is 3.02. The van der Waals surface area contributed by atoms with Gasteiger partial charge in [-0.05, 0) is 36.5 Å². The monoisotopic (exact) mass is 305 g/mol. The SMILES string of the molecule is CCC(CC)C(=O)N(CCC(=O)O)c1ccc(C(C)C)cc1. The number of carbonyl (C=O) groups is 2. The molecule has 1 amide bonds. The molecular weight excluding hydrogens is 278 g/mol. The van der Waals surface area contributed by atoms with Crippen molar-refractivity contribution in [3.05, 3.63) is 29.8 Å². The van der Waals surface area contributed by atoms with Gasteiger partial charge in [0.2, 0.25) is 5.91 Å². The largest absolute Gasteiger partial charge is 0.481 e. The molecule has 0 radical (unpaired) electrons. The molecule has 0 saturated carbocycles. The van der Waals surface area contributed by atoms with E-state index in [9.17, 15) is 9.59 Å². The van der Waals surface area contributed by atoms with Crippen LogP contribution in [0, 0.1) is 5.92 Å². The number of aliphatic carboxylic acids is 1. The first-order valence-corrected chi connectivity index (χ1v) is 8.03. The minimum atomic E-state index is -0.888. The van der Waals surface area contributed by atoms with Crippen LogP contribution in [-0.4, -0.2) is 23.5 Å². The van der Waals surface area contributed by atoms with E-state index in [1.807, 2.05) is 38.1 Å². The predicted octanol–water partition coefficient (Wildman–Crippen LogP) is 4.05. The van der Waals surface area contributed by atoms with Crippen molar-refractivity contribution < 1.29 is 14.7 Å². The van der Waals surface area contributed by atoms with Gasteiger partial charge in [-0.3, -0.25) is 9.59 Å². The molecule has 0 aliphatic carbocycles. The smallest absolute Gasteiger partial charge is 0.305 e. The molecule has 0 heterocycles. The molecule has 0 aromatic heterocycles. The fraction of sp³-hybridized carbons (Fsp3) is 0.556. The summed E-state index contributed by atoms with van der Waals surface area (Å²) in [7, 11) is 0. The molecule has 0 spiro atoms. The average Bonchev–Trinajstić information content (AvgIpc) is 2.49. The summed E-state index contributed by atoms with van der Waals surface area (Å²) >= 11 is 0. The first-order chi connectivity index (χ1) is 10.4. The van der Waals surface area contributed by atoms with Crippen molar-refractivity contribution in [3.63, 3.8) is 0 Å². The summed E-state index contributed by atoms with van der Waals surface area (Å²) < 4.78 is 0. The van der Waals surface area contributed by atoms with Crippen molar-refractivity contribution in [1.29, 1.82) is 0 Å². The number of benzene rings is 1. The van der Waals surface area contributed by atoms with E-state index in [4.69, 9.17) is 5.11 Å². The summed E-state index contributed by atoms with van der Waals surface area (Å²) in [5.41, 5.74) is 1.99. The van der Waals surface area contributed by atoms with Crippen LogP contribution in [0.25, 0.3) is 0 Å². The molecule has 1 aromatic carbocycles. The molecule has 1 rings (SSSR count). The molecule has 122 valence electrons. The predicted molar refractivity (Wildman–Crippen MR) is 89.2 cm³/mol. The third-order valence-electron chi connectivity index (χ3n) is 4.02. The van der Waals surface area contributed by atoms with Crippen molar-refractivity contribution in [2.75, 3.05) is 11.4 Å². The minimum absolute atomic E-state index is 0.0172. The Morgan fingerprint density at radius 2 is 1.64 bits per heavy atom. The lowest BCUT2D eigenvalue weighted by Crippen LogP contribution is -2.37. The zero-order valence-electron chi connectivity index (χ0n) is 14.0. The zero-order valence-corrected chi connectivity index (χ0v) is 14.0. The highest BCUT2D eigenvalue weighted by molar-refractivity contribution is 5.95. The molecule has 0 aliphatic rings. The van der Waals surface area contributed by atoms with E-state index >= 15 is 0 Å². The number of carboxylic acids is 1. The first kappa shape index (κ1) is 18.2. The van der Waals surface area contributed by atoms with E-state index in [0.29, 0.717) is 5.92 Å². The Labute approximate surface area is 133 Å². The maximum atomic E-state index is 12.7. The van der Waals surface area contributed by atoms with E-state index in [0.717, 1.165) is 18.5 Å². The summed E-state index contributed by atoms with van der Waals surface area (Å²) in [5.74, 6) is -0.500. The van der Waals surface area contributed by atoms with Crippen LogP contribution < -0.4 is 4.90 Å². The molecule has 0 unspecified atom stereocenters. The molecule has 22 heavy (non-hydrogen) atoms. The summed E-state index contributed by atoms with van der Waals surface area (Å²) in [5, 5.41) is 8.92. The second kappa shape index (κ2) is 8.57. The summed E-state index contributed by atoms with van der Waals surface area (Å²) in [4.78, 5) is 25.2. The second-order valence-corrected chi connectivity index (χ2v) is 5.89. The van der Waals surface area contributed by atoms with Crippen LogP contribution in [0.4, 0.5) is 5.69 Å². The van der Waals surface area contributed by atoms with Gasteiger partial charge in [-0.25, -0.2) is 0 Å². The van der Waals surface area contributed by atoms with Crippen molar-refractivity contribution in [2.45, 2.75) is 52.9 Å². The quantitative estimate of drug-likeness (QED) is 0.788. The zero-order chi connectivity index (χ0) is 16.7. The highest BCUT2D eigenvalue weighted by atomic mass is 16.4. The van der Waals surface area contributed by atoms with E-state index in [1.54, 1.807) is 4.90 Å². The summed E-state index contributed by atoms with van der Waals surface area (Å²) in [6.45, 7) is 8.43. The molecule has 0 saturated heterocycles. The van der Waals surface area contributed by atoms with Gasteiger partial charge in [-0.15, -0.1) is 0 Å². The molecule has 1 N–H and O–H groups in total. The Hall–Kier alpha value is -1.84. The van der Waals surface area contributed by atoms with Crippen molar-refractivity contribution in [1.82, 2.24) is 0 Å². The van der Waals surface area contributed by atoms with Crippen LogP contribution in [0.15, 0.2) is 24.3 Å². The number of carbonyl (C=O) groups excluding carboxylic acids is 1. The van der Waals surface area contributed by atoms with Crippen LogP contribution in [0.5, 0.6) is 0 Å². The molecular formula is C18H27NO3. The van der Waals surface area contributed by atoms with Gasteiger partial charge >= 0.3 is 5.97 Å². The van der Waals surface area contributed by atoms with Gasteiger partial charge in [0, 0.05) is 18.2 Å². The Kier molecular flexibility index (Phi) is 7.09. The topological polar surface area (TPSA) is 57.6 Å². The van der Waals surface area contributed by atoms with Crippen LogP contribution in [0.3, 0.4) is 0 Å². The molecule has 0 aliphatic heterocycles. The number of nitrogens with zero attached hydrogens (tertiary/aromatic N) is 1.